The van der Waals surface area contributed by atoms with Crippen LogP contribution in [0, 0.1) is 5.82 Å². The molecule has 1 heterocycles. The van der Waals surface area contributed by atoms with E-state index in [4.69, 9.17) is 16.3 Å². The monoisotopic (exact) mass is 399 g/mol. The number of rotatable bonds is 5. The van der Waals surface area contributed by atoms with Crippen molar-refractivity contribution in [1.29, 1.82) is 0 Å². The number of carbonyl (C=O) groups excluding carboxylic acids is 2. The van der Waals surface area contributed by atoms with Gasteiger partial charge in [-0.25, -0.2) is 14.2 Å². The molecule has 0 radical (unpaired) electrons. The molecular formula is C14H14ClF4N3O4. The highest BCUT2D eigenvalue weighted by atomic mass is 35.5. The topological polar surface area (TPSA) is 79.9 Å². The Hall–Kier alpha value is -2.11. The molecule has 1 aliphatic rings. The highest BCUT2D eigenvalue weighted by molar-refractivity contribution is 6.30. The molecule has 0 aliphatic carbocycles. The van der Waals surface area contributed by atoms with Crippen LogP contribution in [0.3, 0.4) is 0 Å². The standard InChI is InChI=1S/C14H14ClF4N3O4/c15-9-2-1-8(7-10(9)16)25-12(26-13(24)14(17,18)19)11(23)21-22-5-3-20-4-6-22/h1-2,7,12,20H,3-6H2,(H,21,23). The SMILES string of the molecule is O=C(NN1CCNCC1)C(OC(=O)C(F)(F)F)Oc1ccc(Cl)c(F)c1. The van der Waals surface area contributed by atoms with Crippen molar-refractivity contribution in [2.24, 2.45) is 0 Å². The Bertz CT molecular complexity index is 668. The number of hydrogen-bond donors (Lipinski definition) is 2. The summed E-state index contributed by atoms with van der Waals surface area (Å²) in [6.07, 6.45) is -7.61. The molecule has 0 spiro atoms. The van der Waals surface area contributed by atoms with Crippen molar-refractivity contribution < 1.29 is 36.6 Å². The number of ether oxygens (including phenoxy) is 2. The zero-order valence-electron chi connectivity index (χ0n) is 13.1. The predicted molar refractivity (Wildman–Crippen MR) is 80.6 cm³/mol. The van der Waals surface area contributed by atoms with Crippen LogP contribution in [0.25, 0.3) is 0 Å². The summed E-state index contributed by atoms with van der Waals surface area (Å²) >= 11 is 5.50. The van der Waals surface area contributed by atoms with Gasteiger partial charge in [0.1, 0.15) is 11.6 Å². The van der Waals surface area contributed by atoms with Crippen molar-refractivity contribution in [2.75, 3.05) is 26.2 Å². The van der Waals surface area contributed by atoms with Crippen LogP contribution < -0.4 is 15.5 Å². The van der Waals surface area contributed by atoms with Crippen molar-refractivity contribution in [3.05, 3.63) is 29.0 Å². The number of piperazine rings is 1. The van der Waals surface area contributed by atoms with Gasteiger partial charge in [0.25, 0.3) is 0 Å². The van der Waals surface area contributed by atoms with E-state index in [9.17, 15) is 27.2 Å². The normalized spacial score (nSPS) is 16.7. The van der Waals surface area contributed by atoms with E-state index in [1.165, 1.54) is 5.01 Å². The molecule has 144 valence electrons. The fraction of sp³-hybridized carbons (Fsp3) is 0.429. The number of esters is 1. The summed E-state index contributed by atoms with van der Waals surface area (Å²) in [6.45, 7) is 1.83. The Morgan fingerprint density at radius 1 is 1.27 bits per heavy atom. The maximum atomic E-state index is 13.4. The van der Waals surface area contributed by atoms with Crippen molar-refractivity contribution in [3.63, 3.8) is 0 Å². The van der Waals surface area contributed by atoms with E-state index in [0.717, 1.165) is 18.2 Å². The Labute approximate surface area is 150 Å². The number of amides is 1. The first-order chi connectivity index (χ1) is 12.2. The Morgan fingerprint density at radius 2 is 1.92 bits per heavy atom. The fourth-order valence-corrected chi connectivity index (χ4v) is 2.07. The Kier molecular flexibility index (Phi) is 6.62. The van der Waals surface area contributed by atoms with Gasteiger partial charge in [0, 0.05) is 32.2 Å². The molecule has 1 unspecified atom stereocenters. The summed E-state index contributed by atoms with van der Waals surface area (Å²) in [5.41, 5.74) is 2.29. The van der Waals surface area contributed by atoms with Crippen molar-refractivity contribution in [2.45, 2.75) is 12.5 Å². The largest absolute Gasteiger partial charge is 0.491 e. The molecule has 1 aromatic rings. The van der Waals surface area contributed by atoms with E-state index < -0.39 is 30.2 Å². The minimum absolute atomic E-state index is 0.258. The van der Waals surface area contributed by atoms with E-state index >= 15 is 0 Å². The van der Waals surface area contributed by atoms with Crippen molar-refractivity contribution >= 4 is 23.5 Å². The first-order valence-electron chi connectivity index (χ1n) is 7.32. The number of alkyl halides is 3. The lowest BCUT2D eigenvalue weighted by Gasteiger charge is -2.29. The van der Waals surface area contributed by atoms with Crippen molar-refractivity contribution in [3.8, 4) is 5.75 Å². The van der Waals surface area contributed by atoms with Gasteiger partial charge in [0.05, 0.1) is 5.02 Å². The average molecular weight is 400 g/mol. The van der Waals surface area contributed by atoms with Gasteiger partial charge >= 0.3 is 24.3 Å². The number of hydrazine groups is 1. The van der Waals surface area contributed by atoms with Crippen LogP contribution in [-0.4, -0.2) is 55.5 Å². The van der Waals surface area contributed by atoms with Gasteiger partial charge in [0.15, 0.2) is 0 Å². The summed E-state index contributed by atoms with van der Waals surface area (Å²) in [6, 6.07) is 2.93. The lowest BCUT2D eigenvalue weighted by atomic mass is 10.3. The van der Waals surface area contributed by atoms with Gasteiger partial charge in [0.2, 0.25) is 0 Å². The molecule has 1 fully saturated rings. The van der Waals surface area contributed by atoms with Gasteiger partial charge in [-0.3, -0.25) is 10.2 Å². The molecule has 1 atom stereocenters. The summed E-state index contributed by atoms with van der Waals surface area (Å²) in [5.74, 6) is -5.04. The molecular weight excluding hydrogens is 386 g/mol. The first-order valence-corrected chi connectivity index (χ1v) is 7.70. The third-order valence-electron chi connectivity index (χ3n) is 3.18. The summed E-state index contributed by atoms with van der Waals surface area (Å²) in [5, 5.41) is 4.17. The number of hydrogen-bond acceptors (Lipinski definition) is 6. The zero-order valence-corrected chi connectivity index (χ0v) is 13.9. The molecule has 2 N–H and O–H groups in total. The van der Waals surface area contributed by atoms with Gasteiger partial charge in [-0.2, -0.15) is 13.2 Å². The molecule has 1 amide bonds. The number of nitrogens with one attached hydrogen (secondary N) is 2. The zero-order chi connectivity index (χ0) is 19.3. The lowest BCUT2D eigenvalue weighted by Crippen LogP contribution is -2.56. The molecule has 1 saturated heterocycles. The first kappa shape index (κ1) is 20.2. The quantitative estimate of drug-likeness (QED) is 0.440. The van der Waals surface area contributed by atoms with Crippen LogP contribution in [0.15, 0.2) is 18.2 Å². The fourth-order valence-electron chi connectivity index (χ4n) is 1.95. The minimum atomic E-state index is -5.33. The molecule has 0 aromatic heterocycles. The molecule has 0 bridgehead atoms. The molecule has 1 aliphatic heterocycles. The Morgan fingerprint density at radius 3 is 2.50 bits per heavy atom. The summed E-state index contributed by atoms with van der Waals surface area (Å²) in [7, 11) is 0. The van der Waals surface area contributed by atoms with Crippen LogP contribution in [0.4, 0.5) is 17.6 Å². The van der Waals surface area contributed by atoms with Gasteiger partial charge in [-0.1, -0.05) is 11.6 Å². The van der Waals surface area contributed by atoms with E-state index in [1.807, 2.05) is 0 Å². The van der Waals surface area contributed by atoms with E-state index in [1.54, 1.807) is 0 Å². The summed E-state index contributed by atoms with van der Waals surface area (Å²) in [4.78, 5) is 23.2. The van der Waals surface area contributed by atoms with Crippen LogP contribution in [-0.2, 0) is 14.3 Å². The molecule has 1 aromatic carbocycles. The number of benzene rings is 1. The highest BCUT2D eigenvalue weighted by Gasteiger charge is 2.44. The van der Waals surface area contributed by atoms with Gasteiger partial charge in [-0.15, -0.1) is 0 Å². The third-order valence-corrected chi connectivity index (χ3v) is 3.49. The molecule has 0 saturated carbocycles. The van der Waals surface area contributed by atoms with Gasteiger partial charge < -0.3 is 14.8 Å². The molecule has 7 nitrogen and oxygen atoms in total. The Balaban J connectivity index is 2.12. The number of carbonyl (C=O) groups is 2. The van der Waals surface area contributed by atoms with E-state index in [-0.39, 0.29) is 10.8 Å². The molecule has 26 heavy (non-hydrogen) atoms. The van der Waals surface area contributed by atoms with Crippen molar-refractivity contribution in [1.82, 2.24) is 15.8 Å². The lowest BCUT2D eigenvalue weighted by molar-refractivity contribution is -0.217. The molecule has 2 rings (SSSR count). The molecule has 12 heteroatoms. The van der Waals surface area contributed by atoms with Crippen LogP contribution in [0.5, 0.6) is 5.75 Å². The van der Waals surface area contributed by atoms with Crippen LogP contribution in [0.2, 0.25) is 5.02 Å². The number of nitrogens with zero attached hydrogens (tertiary/aromatic N) is 1. The second-order valence-corrected chi connectivity index (χ2v) is 5.55. The second kappa shape index (κ2) is 8.52. The smallest absolute Gasteiger partial charge is 0.446 e. The maximum Gasteiger partial charge on any atom is 0.491 e. The number of halogens is 5. The van der Waals surface area contributed by atoms with E-state index in [2.05, 4.69) is 15.5 Å². The van der Waals surface area contributed by atoms with Crippen LogP contribution in [0.1, 0.15) is 0 Å². The van der Waals surface area contributed by atoms with Crippen LogP contribution >= 0.6 is 11.6 Å². The highest BCUT2D eigenvalue weighted by Crippen LogP contribution is 2.23. The van der Waals surface area contributed by atoms with E-state index in [0.29, 0.717) is 26.2 Å². The predicted octanol–water partition coefficient (Wildman–Crippen LogP) is 1.23. The average Bonchev–Trinajstić information content (AvgIpc) is 2.57. The summed E-state index contributed by atoms with van der Waals surface area (Å²) < 4.78 is 59.7. The third kappa shape index (κ3) is 5.71. The minimum Gasteiger partial charge on any atom is -0.446 e. The maximum absolute atomic E-state index is 13.4. The van der Waals surface area contributed by atoms with Gasteiger partial charge in [-0.05, 0) is 12.1 Å². The second-order valence-electron chi connectivity index (χ2n) is 5.14.